The van der Waals surface area contributed by atoms with Crippen molar-refractivity contribution in [3.63, 3.8) is 0 Å². The van der Waals surface area contributed by atoms with Gasteiger partial charge in [0.05, 0.1) is 24.5 Å². The third-order valence-electron chi connectivity index (χ3n) is 3.59. The Labute approximate surface area is 112 Å². The first-order chi connectivity index (χ1) is 9.02. The molecule has 0 heterocycles. The van der Waals surface area contributed by atoms with Crippen molar-refractivity contribution in [1.82, 2.24) is 0 Å². The number of methoxy groups -OCH3 is 1. The van der Waals surface area contributed by atoms with Crippen molar-refractivity contribution in [2.24, 2.45) is 0 Å². The van der Waals surface area contributed by atoms with Crippen molar-refractivity contribution in [2.45, 2.75) is 37.4 Å². The number of halogens is 1. The Morgan fingerprint density at radius 3 is 2.79 bits per heavy atom. The fraction of sp³-hybridized carbons (Fsp3) is 0.571. The van der Waals surface area contributed by atoms with Crippen LogP contribution in [0.1, 0.15) is 25.7 Å². The summed E-state index contributed by atoms with van der Waals surface area (Å²) in [6.07, 6.45) is 2.25. The highest BCUT2D eigenvalue weighted by Gasteiger charge is 2.36. The molecule has 1 aliphatic rings. The number of hydrogen-bond acceptors (Lipinski definition) is 4. The molecule has 5 heteroatoms. The molecular formula is C14H20FNO3. The number of hydrogen-bond donors (Lipinski definition) is 3. The van der Waals surface area contributed by atoms with E-state index in [1.54, 1.807) is 6.07 Å². The summed E-state index contributed by atoms with van der Waals surface area (Å²) in [5.74, 6) is 0.0290. The fourth-order valence-electron chi connectivity index (χ4n) is 2.34. The van der Waals surface area contributed by atoms with Gasteiger partial charge in [-0.25, -0.2) is 4.39 Å². The number of rotatable bonds is 6. The van der Waals surface area contributed by atoms with Crippen molar-refractivity contribution in [2.75, 3.05) is 19.0 Å². The first-order valence-electron chi connectivity index (χ1n) is 6.50. The maximum Gasteiger partial charge on any atom is 0.144 e. The number of aliphatic hydroxyl groups is 2. The Balaban J connectivity index is 1.87. The highest BCUT2D eigenvalue weighted by Crippen LogP contribution is 2.35. The summed E-state index contributed by atoms with van der Waals surface area (Å²) in [6, 6.07) is 4.18. The fourth-order valence-corrected chi connectivity index (χ4v) is 2.34. The van der Waals surface area contributed by atoms with Gasteiger partial charge >= 0.3 is 0 Å². The van der Waals surface area contributed by atoms with Crippen molar-refractivity contribution in [3.05, 3.63) is 24.0 Å². The molecule has 1 fully saturated rings. The van der Waals surface area contributed by atoms with Crippen LogP contribution in [0.5, 0.6) is 5.75 Å². The molecule has 0 aromatic heterocycles. The van der Waals surface area contributed by atoms with E-state index in [4.69, 9.17) is 4.74 Å². The molecule has 0 spiro atoms. The minimum atomic E-state index is -0.700. The smallest absolute Gasteiger partial charge is 0.144 e. The van der Waals surface area contributed by atoms with Gasteiger partial charge in [0.25, 0.3) is 0 Å². The van der Waals surface area contributed by atoms with Crippen molar-refractivity contribution < 1.29 is 19.3 Å². The molecule has 1 unspecified atom stereocenters. The quantitative estimate of drug-likeness (QED) is 0.738. The number of benzene rings is 1. The molecule has 2 rings (SSSR count). The summed E-state index contributed by atoms with van der Waals surface area (Å²) in [4.78, 5) is 0. The number of anilines is 1. The maximum atomic E-state index is 13.0. The van der Waals surface area contributed by atoms with E-state index in [9.17, 15) is 14.6 Å². The Morgan fingerprint density at radius 1 is 1.47 bits per heavy atom. The van der Waals surface area contributed by atoms with Crippen LogP contribution in [0.25, 0.3) is 0 Å². The van der Waals surface area contributed by atoms with Crippen molar-refractivity contribution >= 4 is 5.69 Å². The molecule has 0 bridgehead atoms. The number of aliphatic hydroxyl groups excluding tert-OH is 1. The molecule has 0 saturated heterocycles. The molecule has 1 aromatic carbocycles. The highest BCUT2D eigenvalue weighted by atomic mass is 19.1. The summed E-state index contributed by atoms with van der Waals surface area (Å²) >= 11 is 0. The zero-order valence-corrected chi connectivity index (χ0v) is 11.0. The molecule has 0 aliphatic heterocycles. The Kier molecular flexibility index (Phi) is 4.27. The van der Waals surface area contributed by atoms with Crippen LogP contribution in [0, 0.1) is 5.82 Å². The van der Waals surface area contributed by atoms with Gasteiger partial charge in [0, 0.05) is 19.0 Å². The lowest BCUT2D eigenvalue weighted by atomic mass is 9.76. The third-order valence-corrected chi connectivity index (χ3v) is 3.59. The van der Waals surface area contributed by atoms with Gasteiger partial charge in [-0.1, -0.05) is 0 Å². The van der Waals surface area contributed by atoms with Gasteiger partial charge in [-0.15, -0.1) is 0 Å². The van der Waals surface area contributed by atoms with Gasteiger partial charge in [-0.05, 0) is 31.4 Å². The monoisotopic (exact) mass is 269 g/mol. The Bertz CT molecular complexity index is 435. The molecule has 1 saturated carbocycles. The van der Waals surface area contributed by atoms with E-state index < -0.39 is 11.7 Å². The van der Waals surface area contributed by atoms with Crippen LogP contribution in [-0.4, -0.2) is 35.6 Å². The van der Waals surface area contributed by atoms with E-state index in [2.05, 4.69) is 5.32 Å². The third kappa shape index (κ3) is 3.58. The molecule has 1 atom stereocenters. The van der Waals surface area contributed by atoms with Crippen LogP contribution in [0.2, 0.25) is 0 Å². The van der Waals surface area contributed by atoms with E-state index in [-0.39, 0.29) is 5.82 Å². The van der Waals surface area contributed by atoms with Crippen LogP contribution in [0.3, 0.4) is 0 Å². The second-order valence-corrected chi connectivity index (χ2v) is 5.16. The topological polar surface area (TPSA) is 61.7 Å². The van der Waals surface area contributed by atoms with Crippen LogP contribution < -0.4 is 10.1 Å². The van der Waals surface area contributed by atoms with E-state index in [1.165, 1.54) is 19.2 Å². The van der Waals surface area contributed by atoms with Crippen LogP contribution >= 0.6 is 0 Å². The normalized spacial score (nSPS) is 18.5. The first kappa shape index (κ1) is 14.1. The average molecular weight is 269 g/mol. The molecule has 0 amide bonds. The average Bonchev–Trinajstić information content (AvgIpc) is 2.35. The Hall–Kier alpha value is -1.33. The van der Waals surface area contributed by atoms with E-state index in [0.717, 1.165) is 19.3 Å². The molecule has 106 valence electrons. The van der Waals surface area contributed by atoms with E-state index in [0.29, 0.717) is 24.4 Å². The second kappa shape index (κ2) is 5.75. The zero-order valence-electron chi connectivity index (χ0n) is 11.0. The van der Waals surface area contributed by atoms with Crippen LogP contribution in [0.15, 0.2) is 18.2 Å². The lowest BCUT2D eigenvalue weighted by molar-refractivity contribution is -0.0659. The summed E-state index contributed by atoms with van der Waals surface area (Å²) in [7, 11) is 1.47. The van der Waals surface area contributed by atoms with Crippen molar-refractivity contribution in [1.29, 1.82) is 0 Å². The van der Waals surface area contributed by atoms with Gasteiger partial charge in [0.2, 0.25) is 0 Å². The minimum absolute atomic E-state index is 0.296. The molecular weight excluding hydrogens is 249 g/mol. The predicted molar refractivity (Wildman–Crippen MR) is 70.9 cm³/mol. The van der Waals surface area contributed by atoms with E-state index in [1.807, 2.05) is 0 Å². The van der Waals surface area contributed by atoms with Crippen LogP contribution in [-0.2, 0) is 0 Å². The molecule has 3 N–H and O–H groups in total. The van der Waals surface area contributed by atoms with E-state index >= 15 is 0 Å². The van der Waals surface area contributed by atoms with Gasteiger partial charge < -0.3 is 20.3 Å². The number of nitrogens with one attached hydrogen (secondary N) is 1. The summed E-state index contributed by atoms with van der Waals surface area (Å²) in [6.45, 7) is 0.296. The highest BCUT2D eigenvalue weighted by molar-refractivity contribution is 5.56. The lowest BCUT2D eigenvalue weighted by Gasteiger charge is -2.38. The van der Waals surface area contributed by atoms with Gasteiger partial charge in [0.1, 0.15) is 11.6 Å². The SMILES string of the molecule is COc1cc(F)ccc1NCC(O)CC1(O)CCC1. The first-order valence-corrected chi connectivity index (χ1v) is 6.50. The van der Waals surface area contributed by atoms with Gasteiger partial charge in [0.15, 0.2) is 0 Å². The molecule has 1 aromatic rings. The minimum Gasteiger partial charge on any atom is -0.494 e. The lowest BCUT2D eigenvalue weighted by Crippen LogP contribution is -2.41. The molecule has 19 heavy (non-hydrogen) atoms. The molecule has 0 radical (unpaired) electrons. The second-order valence-electron chi connectivity index (χ2n) is 5.16. The Morgan fingerprint density at radius 2 is 2.21 bits per heavy atom. The predicted octanol–water partition coefficient (Wildman–Crippen LogP) is 1.91. The zero-order chi connectivity index (χ0) is 13.9. The summed E-state index contributed by atoms with van der Waals surface area (Å²) in [5.41, 5.74) is -0.0721. The standard InChI is InChI=1S/C14H20FNO3/c1-19-13-7-10(15)3-4-12(13)16-9-11(17)8-14(18)5-2-6-14/h3-4,7,11,16-18H,2,5-6,8-9H2,1H3. The maximum absolute atomic E-state index is 13.0. The largest absolute Gasteiger partial charge is 0.494 e. The number of ether oxygens (including phenoxy) is 1. The molecule has 1 aliphatic carbocycles. The molecule has 4 nitrogen and oxygen atoms in total. The van der Waals surface area contributed by atoms with Gasteiger partial charge in [-0.3, -0.25) is 0 Å². The summed E-state index contributed by atoms with van der Waals surface area (Å²) in [5, 5.41) is 22.9. The summed E-state index contributed by atoms with van der Waals surface area (Å²) < 4.78 is 18.1. The van der Waals surface area contributed by atoms with Crippen molar-refractivity contribution in [3.8, 4) is 5.75 Å². The van der Waals surface area contributed by atoms with Gasteiger partial charge in [-0.2, -0.15) is 0 Å². The van der Waals surface area contributed by atoms with Crippen LogP contribution in [0.4, 0.5) is 10.1 Å².